The predicted octanol–water partition coefficient (Wildman–Crippen LogP) is 1.34. The minimum absolute atomic E-state index is 0.327. The summed E-state index contributed by atoms with van der Waals surface area (Å²) in [4.78, 5) is 1.89. The quantitative estimate of drug-likeness (QED) is 0.726. The molecule has 1 aromatic carbocycles. The fraction of sp³-hybridized carbons (Fsp3) is 0.400. The van der Waals surface area contributed by atoms with E-state index in [2.05, 4.69) is 5.32 Å². The summed E-state index contributed by atoms with van der Waals surface area (Å²) in [7, 11) is 3.50. The molecule has 0 heterocycles. The summed E-state index contributed by atoms with van der Waals surface area (Å²) in [5.74, 6) is 0. The lowest BCUT2D eigenvalue weighted by molar-refractivity contribution is 0.768. The number of likely N-dealkylation sites (N-methyl/N-ethyl adjacent to an activating group) is 2. The standard InChI is InChI=1S/C10H16N2/c1-11-8-9-12(2)10-6-4-3-5-7-10/h3-7,11H,8-9H2,1-2H3/i8D2. The maximum Gasteiger partial charge on any atom is 0.0446 e. The lowest BCUT2D eigenvalue weighted by Crippen LogP contribution is -2.26. The van der Waals surface area contributed by atoms with E-state index in [9.17, 15) is 0 Å². The predicted molar refractivity (Wildman–Crippen MR) is 53.6 cm³/mol. The van der Waals surface area contributed by atoms with Crippen LogP contribution in [-0.2, 0) is 0 Å². The molecule has 0 aliphatic heterocycles. The zero-order valence-electron chi connectivity index (χ0n) is 9.54. The summed E-state index contributed by atoms with van der Waals surface area (Å²) >= 11 is 0. The molecule has 0 saturated heterocycles. The van der Waals surface area contributed by atoms with Crippen LogP contribution in [0, 0.1) is 0 Å². The topological polar surface area (TPSA) is 15.3 Å². The average molecular weight is 166 g/mol. The maximum absolute atomic E-state index is 7.57. The number of hydrogen-bond donors (Lipinski definition) is 1. The second-order valence-electron chi connectivity index (χ2n) is 2.62. The van der Waals surface area contributed by atoms with Crippen molar-refractivity contribution in [1.29, 1.82) is 0 Å². The van der Waals surface area contributed by atoms with E-state index in [4.69, 9.17) is 2.74 Å². The third-order valence-electron chi connectivity index (χ3n) is 1.69. The molecule has 0 bridgehead atoms. The summed E-state index contributed by atoms with van der Waals surface area (Å²) < 4.78 is 15.1. The molecule has 0 atom stereocenters. The van der Waals surface area contributed by atoms with E-state index in [0.717, 1.165) is 5.69 Å². The van der Waals surface area contributed by atoms with Crippen molar-refractivity contribution in [2.45, 2.75) is 0 Å². The minimum atomic E-state index is -1.36. The first-order valence-electron chi connectivity index (χ1n) is 5.00. The van der Waals surface area contributed by atoms with E-state index in [1.54, 1.807) is 7.05 Å². The maximum atomic E-state index is 7.57. The third-order valence-corrected chi connectivity index (χ3v) is 1.69. The van der Waals surface area contributed by atoms with Gasteiger partial charge in [-0.25, -0.2) is 0 Å². The number of rotatable bonds is 4. The molecule has 1 rings (SSSR count). The molecule has 1 N–H and O–H groups in total. The summed E-state index contributed by atoms with van der Waals surface area (Å²) in [5, 5.41) is 2.63. The van der Waals surface area contributed by atoms with E-state index in [1.165, 1.54) is 0 Å². The van der Waals surface area contributed by atoms with Crippen LogP contribution < -0.4 is 10.2 Å². The van der Waals surface area contributed by atoms with Gasteiger partial charge >= 0.3 is 0 Å². The lowest BCUT2D eigenvalue weighted by atomic mass is 10.3. The Kier molecular flexibility index (Phi) is 2.58. The Hall–Kier alpha value is -1.02. The van der Waals surface area contributed by atoms with Gasteiger partial charge in [-0.15, -0.1) is 0 Å². The Morgan fingerprint density at radius 1 is 1.42 bits per heavy atom. The first-order valence-corrected chi connectivity index (χ1v) is 4.00. The highest BCUT2D eigenvalue weighted by Gasteiger charge is 1.96. The highest BCUT2D eigenvalue weighted by Crippen LogP contribution is 2.09. The number of anilines is 1. The molecule has 0 fully saturated rings. The van der Waals surface area contributed by atoms with Crippen LogP contribution in [0.2, 0.25) is 0 Å². The average Bonchev–Trinajstić information content (AvgIpc) is 2.19. The molecule has 2 nitrogen and oxygen atoms in total. The molecule has 0 unspecified atom stereocenters. The smallest absolute Gasteiger partial charge is 0.0446 e. The van der Waals surface area contributed by atoms with Crippen LogP contribution >= 0.6 is 0 Å². The normalized spacial score (nSPS) is 13.5. The second-order valence-corrected chi connectivity index (χ2v) is 2.62. The largest absolute Gasteiger partial charge is 0.373 e. The minimum Gasteiger partial charge on any atom is -0.373 e. The first kappa shape index (κ1) is 6.49. The van der Waals surface area contributed by atoms with E-state index >= 15 is 0 Å². The number of para-hydroxylation sites is 1. The molecule has 0 aliphatic rings. The van der Waals surface area contributed by atoms with Crippen LogP contribution in [0.15, 0.2) is 30.3 Å². The van der Waals surface area contributed by atoms with E-state index in [-0.39, 0.29) is 0 Å². The Labute approximate surface area is 77.0 Å². The molecular formula is C10H16N2. The zero-order valence-corrected chi connectivity index (χ0v) is 7.54. The van der Waals surface area contributed by atoms with Gasteiger partial charge in [0, 0.05) is 28.5 Å². The van der Waals surface area contributed by atoms with Crippen molar-refractivity contribution in [1.82, 2.24) is 5.32 Å². The Balaban J connectivity index is 2.64. The van der Waals surface area contributed by atoms with E-state index < -0.39 is 6.50 Å². The van der Waals surface area contributed by atoms with Crippen LogP contribution in [0.1, 0.15) is 2.74 Å². The number of benzene rings is 1. The fourth-order valence-electron chi connectivity index (χ4n) is 0.971. The van der Waals surface area contributed by atoms with Gasteiger partial charge in [0.1, 0.15) is 0 Å². The van der Waals surface area contributed by atoms with Crippen molar-refractivity contribution >= 4 is 5.69 Å². The van der Waals surface area contributed by atoms with Gasteiger partial charge in [-0.1, -0.05) is 18.2 Å². The van der Waals surface area contributed by atoms with Gasteiger partial charge in [0.15, 0.2) is 0 Å². The van der Waals surface area contributed by atoms with Crippen molar-refractivity contribution in [2.24, 2.45) is 0 Å². The number of hydrogen-bond acceptors (Lipinski definition) is 2. The van der Waals surface area contributed by atoms with Crippen LogP contribution in [0.25, 0.3) is 0 Å². The number of nitrogens with one attached hydrogen (secondary N) is 1. The molecule has 12 heavy (non-hydrogen) atoms. The van der Waals surface area contributed by atoms with Gasteiger partial charge in [0.2, 0.25) is 0 Å². The molecule has 0 radical (unpaired) electrons. The van der Waals surface area contributed by atoms with Gasteiger partial charge in [0.05, 0.1) is 0 Å². The Morgan fingerprint density at radius 3 is 2.67 bits per heavy atom. The summed E-state index contributed by atoms with van der Waals surface area (Å²) in [6.07, 6.45) is 0. The van der Waals surface area contributed by atoms with Crippen molar-refractivity contribution in [3.05, 3.63) is 30.3 Å². The number of nitrogens with zero attached hydrogens (tertiary/aromatic N) is 1. The molecule has 1 aromatic rings. The molecule has 0 amide bonds. The fourth-order valence-corrected chi connectivity index (χ4v) is 0.971. The van der Waals surface area contributed by atoms with E-state index in [0.29, 0.717) is 6.54 Å². The zero-order chi connectivity index (χ0) is 10.6. The highest BCUT2D eigenvalue weighted by atomic mass is 15.1. The van der Waals surface area contributed by atoms with Gasteiger partial charge in [0.25, 0.3) is 0 Å². The molecule has 0 spiro atoms. The van der Waals surface area contributed by atoms with Gasteiger partial charge in [-0.3, -0.25) is 0 Å². The molecule has 0 aromatic heterocycles. The van der Waals surface area contributed by atoms with Gasteiger partial charge in [-0.2, -0.15) is 0 Å². The molecular weight excluding hydrogens is 148 g/mol. The summed E-state index contributed by atoms with van der Waals surface area (Å²) in [6.45, 7) is -1.03. The van der Waals surface area contributed by atoms with Crippen LogP contribution in [-0.4, -0.2) is 27.1 Å². The Morgan fingerprint density at radius 2 is 2.08 bits per heavy atom. The molecule has 0 saturated carbocycles. The molecule has 2 heteroatoms. The monoisotopic (exact) mass is 166 g/mol. The second kappa shape index (κ2) is 4.78. The van der Waals surface area contributed by atoms with Gasteiger partial charge < -0.3 is 10.2 Å². The lowest BCUT2D eigenvalue weighted by Gasteiger charge is -2.18. The first-order chi connectivity index (χ1) is 6.55. The van der Waals surface area contributed by atoms with Crippen molar-refractivity contribution in [3.63, 3.8) is 0 Å². The van der Waals surface area contributed by atoms with Crippen LogP contribution in [0.5, 0.6) is 0 Å². The van der Waals surface area contributed by atoms with Crippen LogP contribution in [0.3, 0.4) is 0 Å². The molecule has 66 valence electrons. The van der Waals surface area contributed by atoms with Crippen LogP contribution in [0.4, 0.5) is 5.69 Å². The SMILES string of the molecule is [2H]C([2H])(CN(C)c1ccccc1)NC. The van der Waals surface area contributed by atoms with Crippen molar-refractivity contribution < 1.29 is 2.74 Å². The van der Waals surface area contributed by atoms with E-state index in [1.807, 2.05) is 42.3 Å². The van der Waals surface area contributed by atoms with Crippen molar-refractivity contribution in [2.75, 3.05) is 32.0 Å². The Bertz CT molecular complexity index is 275. The van der Waals surface area contributed by atoms with Crippen molar-refractivity contribution in [3.8, 4) is 0 Å². The molecule has 0 aliphatic carbocycles. The van der Waals surface area contributed by atoms with Gasteiger partial charge in [-0.05, 0) is 19.2 Å². The highest BCUT2D eigenvalue weighted by molar-refractivity contribution is 5.44. The summed E-state index contributed by atoms with van der Waals surface area (Å²) in [5.41, 5.74) is 1.02. The summed E-state index contributed by atoms with van der Waals surface area (Å²) in [6, 6.07) is 9.77. The third kappa shape index (κ3) is 2.55.